The van der Waals surface area contributed by atoms with E-state index < -0.39 is 29.1 Å². The molecule has 0 aromatic heterocycles. The second-order valence-electron chi connectivity index (χ2n) is 6.09. The van der Waals surface area contributed by atoms with E-state index >= 15 is 0 Å². The molecule has 2 nitrogen and oxygen atoms in total. The minimum atomic E-state index is -5.61. The van der Waals surface area contributed by atoms with Crippen LogP contribution in [0.1, 0.15) is 36.2 Å². The summed E-state index contributed by atoms with van der Waals surface area (Å²) in [6.45, 7) is 1.30. The van der Waals surface area contributed by atoms with Crippen LogP contribution in [0.25, 0.3) is 0 Å². The molecule has 0 aliphatic carbocycles. The number of benzene rings is 2. The topological polar surface area (TPSA) is 26.3 Å². The zero-order chi connectivity index (χ0) is 21.3. The van der Waals surface area contributed by atoms with Crippen LogP contribution in [0.15, 0.2) is 42.5 Å². The zero-order valence-corrected chi connectivity index (χ0v) is 14.7. The lowest BCUT2D eigenvalue weighted by atomic mass is 9.98. The smallest absolute Gasteiger partial charge is 0.375 e. The third-order valence-corrected chi connectivity index (χ3v) is 3.97. The molecule has 0 aliphatic heterocycles. The van der Waals surface area contributed by atoms with Crippen LogP contribution in [0.4, 0.5) is 30.7 Å². The minimum Gasteiger partial charge on any atom is -0.454 e. The highest BCUT2D eigenvalue weighted by atomic mass is 19.3. The lowest BCUT2D eigenvalue weighted by molar-refractivity contribution is -0.308. The maximum Gasteiger partial charge on any atom is 0.375 e. The van der Waals surface area contributed by atoms with Gasteiger partial charge in [-0.25, -0.2) is 4.39 Å². The van der Waals surface area contributed by atoms with E-state index in [0.29, 0.717) is 12.1 Å². The van der Waals surface area contributed by atoms with E-state index in [2.05, 4.69) is 0 Å². The Hall–Kier alpha value is -2.58. The van der Waals surface area contributed by atoms with Gasteiger partial charge in [0.25, 0.3) is 0 Å². The molecule has 9 heteroatoms. The molecule has 2 aromatic rings. The van der Waals surface area contributed by atoms with E-state index in [1.165, 1.54) is 6.07 Å². The number of halogens is 7. The average Bonchev–Trinajstić information content (AvgIpc) is 2.62. The van der Waals surface area contributed by atoms with Crippen LogP contribution in [0, 0.1) is 5.82 Å². The summed E-state index contributed by atoms with van der Waals surface area (Å²) in [4.78, 5) is 11.5. The Kier molecular flexibility index (Phi) is 5.77. The van der Waals surface area contributed by atoms with Crippen molar-refractivity contribution in [1.82, 2.24) is 0 Å². The summed E-state index contributed by atoms with van der Waals surface area (Å²) >= 11 is 0. The van der Waals surface area contributed by atoms with Crippen LogP contribution in [0.5, 0.6) is 11.5 Å². The van der Waals surface area contributed by atoms with Gasteiger partial charge in [-0.05, 0) is 42.5 Å². The van der Waals surface area contributed by atoms with Gasteiger partial charge in [-0.1, -0.05) is 6.92 Å². The van der Waals surface area contributed by atoms with Crippen molar-refractivity contribution in [2.45, 2.75) is 38.0 Å². The molecule has 0 aliphatic rings. The van der Waals surface area contributed by atoms with Crippen LogP contribution in [0.3, 0.4) is 0 Å². The Morgan fingerprint density at radius 3 is 2.00 bits per heavy atom. The highest BCUT2D eigenvalue weighted by Gasteiger charge is 2.69. The van der Waals surface area contributed by atoms with Gasteiger partial charge in [0.05, 0.1) is 0 Å². The van der Waals surface area contributed by atoms with Gasteiger partial charge in [-0.2, -0.15) is 26.3 Å². The first-order valence-corrected chi connectivity index (χ1v) is 8.06. The van der Waals surface area contributed by atoms with Gasteiger partial charge in [0.2, 0.25) is 0 Å². The van der Waals surface area contributed by atoms with Gasteiger partial charge in [-0.3, -0.25) is 4.79 Å². The number of alkyl halides is 6. The highest BCUT2D eigenvalue weighted by molar-refractivity contribution is 5.95. The first-order valence-electron chi connectivity index (χ1n) is 8.06. The molecule has 0 amide bonds. The fourth-order valence-electron chi connectivity index (χ4n) is 2.28. The van der Waals surface area contributed by atoms with Crippen LogP contribution in [-0.2, 0) is 5.92 Å². The van der Waals surface area contributed by atoms with Crippen molar-refractivity contribution in [3.8, 4) is 11.5 Å². The molecule has 2 rings (SSSR count). The number of ether oxygens (including phenoxy) is 1. The lowest BCUT2D eigenvalue weighted by Gasteiger charge is -2.31. The van der Waals surface area contributed by atoms with Crippen LogP contribution < -0.4 is 4.74 Å². The molecule has 0 radical (unpaired) electrons. The van der Waals surface area contributed by atoms with Crippen LogP contribution >= 0.6 is 0 Å². The van der Waals surface area contributed by atoms with E-state index in [1.54, 1.807) is 6.92 Å². The molecule has 0 saturated carbocycles. The van der Waals surface area contributed by atoms with E-state index in [0.717, 1.165) is 24.3 Å². The van der Waals surface area contributed by atoms with Crippen molar-refractivity contribution in [2.75, 3.05) is 0 Å². The standard InChI is InChI=1S/C19H15F7O2/c1-3-15(27)11-4-9-16(14(20)10-11)28-13-7-5-12(6-8-13)18(23,24)19(25,26)17(2,21)22/h4-10H,3H2,1-2H3. The van der Waals surface area contributed by atoms with Crippen LogP contribution in [0.2, 0.25) is 0 Å². The Labute approximate surface area is 155 Å². The SMILES string of the molecule is CCC(=O)c1ccc(Oc2ccc(C(F)(F)C(F)(F)C(C)(F)F)cc2)c(F)c1. The summed E-state index contributed by atoms with van der Waals surface area (Å²) in [7, 11) is 0. The number of rotatable bonds is 7. The third kappa shape index (κ3) is 3.98. The van der Waals surface area contributed by atoms with Crippen molar-refractivity contribution in [1.29, 1.82) is 0 Å². The first kappa shape index (κ1) is 21.7. The lowest BCUT2D eigenvalue weighted by Crippen LogP contribution is -2.50. The Balaban J connectivity index is 2.25. The second-order valence-corrected chi connectivity index (χ2v) is 6.09. The third-order valence-electron chi connectivity index (χ3n) is 3.97. The number of ketones is 1. The normalized spacial score (nSPS) is 12.8. The Morgan fingerprint density at radius 2 is 1.54 bits per heavy atom. The van der Waals surface area contributed by atoms with Gasteiger partial charge in [0.1, 0.15) is 5.75 Å². The monoisotopic (exact) mass is 408 g/mol. The van der Waals surface area contributed by atoms with E-state index in [4.69, 9.17) is 4.74 Å². The Morgan fingerprint density at radius 1 is 0.964 bits per heavy atom. The van der Waals surface area contributed by atoms with Crippen molar-refractivity contribution < 1.29 is 40.3 Å². The van der Waals surface area contributed by atoms with Crippen LogP contribution in [-0.4, -0.2) is 17.6 Å². The predicted molar refractivity (Wildman–Crippen MR) is 87.0 cm³/mol. The maximum atomic E-state index is 14.0. The summed E-state index contributed by atoms with van der Waals surface area (Å²) in [5, 5.41) is 0. The van der Waals surface area contributed by atoms with E-state index in [9.17, 15) is 35.5 Å². The molecule has 0 unspecified atom stereocenters. The molecule has 0 N–H and O–H groups in total. The highest BCUT2D eigenvalue weighted by Crippen LogP contribution is 2.51. The second kappa shape index (κ2) is 7.44. The molecule has 2 aromatic carbocycles. The average molecular weight is 408 g/mol. The molecular formula is C19H15F7O2. The molecule has 0 atom stereocenters. The first-order chi connectivity index (χ1) is 12.8. The summed E-state index contributed by atoms with van der Waals surface area (Å²) in [5.74, 6) is -17.4. The molecule has 0 spiro atoms. The summed E-state index contributed by atoms with van der Waals surface area (Å²) in [6.07, 6.45) is 0.163. The quantitative estimate of drug-likeness (QED) is 0.382. The predicted octanol–water partition coefficient (Wildman–Crippen LogP) is 6.59. The molecule has 28 heavy (non-hydrogen) atoms. The van der Waals surface area contributed by atoms with E-state index in [-0.39, 0.29) is 36.2 Å². The Bertz CT molecular complexity index is 856. The van der Waals surface area contributed by atoms with Gasteiger partial charge >= 0.3 is 17.8 Å². The van der Waals surface area contributed by atoms with Gasteiger partial charge < -0.3 is 4.74 Å². The number of hydrogen-bond acceptors (Lipinski definition) is 2. The fraction of sp³-hybridized carbons (Fsp3) is 0.316. The minimum absolute atomic E-state index is 0.116. The van der Waals surface area contributed by atoms with Gasteiger partial charge in [0.15, 0.2) is 17.3 Å². The fourth-order valence-corrected chi connectivity index (χ4v) is 2.28. The molecular weight excluding hydrogens is 393 g/mol. The van der Waals surface area contributed by atoms with Gasteiger partial charge in [0, 0.05) is 24.5 Å². The number of Topliss-reactive ketones (excluding diaryl/α,β-unsaturated/α-hetero) is 1. The van der Waals surface area contributed by atoms with Gasteiger partial charge in [-0.15, -0.1) is 0 Å². The summed E-state index contributed by atoms with van der Waals surface area (Å²) in [6, 6.07) is 6.00. The molecule has 152 valence electrons. The van der Waals surface area contributed by atoms with Crippen molar-refractivity contribution in [2.24, 2.45) is 0 Å². The van der Waals surface area contributed by atoms with Crippen molar-refractivity contribution >= 4 is 5.78 Å². The molecule has 0 saturated heterocycles. The maximum absolute atomic E-state index is 14.0. The van der Waals surface area contributed by atoms with Crippen molar-refractivity contribution in [3.05, 3.63) is 59.4 Å². The zero-order valence-electron chi connectivity index (χ0n) is 14.7. The summed E-state index contributed by atoms with van der Waals surface area (Å²) < 4.78 is 99.4. The summed E-state index contributed by atoms with van der Waals surface area (Å²) in [5.41, 5.74) is -1.24. The molecule has 0 bridgehead atoms. The van der Waals surface area contributed by atoms with E-state index in [1.807, 2.05) is 0 Å². The number of carbonyl (C=O) groups is 1. The van der Waals surface area contributed by atoms with Crippen molar-refractivity contribution in [3.63, 3.8) is 0 Å². The number of carbonyl (C=O) groups excluding carboxylic acids is 1. The molecule has 0 heterocycles. The molecule has 0 fully saturated rings. The largest absolute Gasteiger partial charge is 0.454 e. The number of hydrogen-bond donors (Lipinski definition) is 0.